The van der Waals surface area contributed by atoms with Gasteiger partial charge in [-0.05, 0) is 68.8 Å². The standard InChI is InChI=1S/C45H28N2S/c1-2-12-29(13-3-1)30-22-24-31(25-23-30)43-34-15-5-9-19-40(34)46-44(47-43)32-26-27-37-35(28-32)33-14-4-6-16-36(33)45(37)38-17-7-10-20-41(38)48-42-21-11-8-18-39(42)45/h1-28H. The van der Waals surface area contributed by atoms with Crippen LogP contribution in [0.15, 0.2) is 180 Å². The largest absolute Gasteiger partial charge is 0.228 e. The Balaban J connectivity index is 1.17. The number of hydrogen-bond acceptors (Lipinski definition) is 3. The Labute approximate surface area is 283 Å². The number of para-hydroxylation sites is 1. The molecule has 0 atom stereocenters. The molecule has 48 heavy (non-hydrogen) atoms. The van der Waals surface area contributed by atoms with Crippen molar-refractivity contribution in [3.8, 4) is 44.9 Å². The fraction of sp³-hybridized carbons (Fsp3) is 0.0222. The second kappa shape index (κ2) is 10.6. The summed E-state index contributed by atoms with van der Waals surface area (Å²) in [7, 11) is 0. The molecule has 1 aliphatic carbocycles. The quantitative estimate of drug-likeness (QED) is 0.195. The Morgan fingerprint density at radius 3 is 1.73 bits per heavy atom. The predicted molar refractivity (Wildman–Crippen MR) is 197 cm³/mol. The lowest BCUT2D eigenvalue weighted by atomic mass is 9.67. The summed E-state index contributed by atoms with van der Waals surface area (Å²) < 4.78 is 0. The van der Waals surface area contributed by atoms with Crippen LogP contribution in [0.1, 0.15) is 22.3 Å². The maximum absolute atomic E-state index is 5.29. The lowest BCUT2D eigenvalue weighted by Crippen LogP contribution is -2.31. The zero-order valence-corrected chi connectivity index (χ0v) is 26.8. The predicted octanol–water partition coefficient (Wildman–Crippen LogP) is 11.5. The Morgan fingerprint density at radius 1 is 0.396 bits per heavy atom. The van der Waals surface area contributed by atoms with Crippen LogP contribution in [-0.2, 0) is 5.41 Å². The third-order valence-electron chi connectivity index (χ3n) is 9.97. The molecule has 0 fully saturated rings. The smallest absolute Gasteiger partial charge is 0.160 e. The highest BCUT2D eigenvalue weighted by molar-refractivity contribution is 7.99. The van der Waals surface area contributed by atoms with Crippen LogP contribution in [0.5, 0.6) is 0 Å². The zero-order valence-electron chi connectivity index (χ0n) is 26.0. The van der Waals surface area contributed by atoms with Crippen LogP contribution in [0.3, 0.4) is 0 Å². The van der Waals surface area contributed by atoms with Crippen molar-refractivity contribution in [3.05, 3.63) is 192 Å². The number of benzene rings is 7. The highest BCUT2D eigenvalue weighted by Gasteiger charge is 2.50. The molecule has 0 radical (unpaired) electrons. The average molecular weight is 629 g/mol. The van der Waals surface area contributed by atoms with E-state index in [9.17, 15) is 0 Å². The Morgan fingerprint density at radius 2 is 0.958 bits per heavy atom. The van der Waals surface area contributed by atoms with Gasteiger partial charge in [0.15, 0.2) is 5.82 Å². The molecular formula is C45H28N2S. The fourth-order valence-electron chi connectivity index (χ4n) is 7.87. The summed E-state index contributed by atoms with van der Waals surface area (Å²) >= 11 is 1.87. The van der Waals surface area contributed by atoms with E-state index in [1.807, 2.05) is 11.8 Å². The second-order valence-electron chi connectivity index (χ2n) is 12.5. The first-order valence-electron chi connectivity index (χ1n) is 16.3. The molecule has 1 aromatic heterocycles. The van der Waals surface area contributed by atoms with Gasteiger partial charge < -0.3 is 0 Å². The molecule has 0 amide bonds. The Bertz CT molecular complexity index is 2490. The Hall–Kier alpha value is -5.77. The summed E-state index contributed by atoms with van der Waals surface area (Å²) in [6, 6.07) is 61.2. The summed E-state index contributed by atoms with van der Waals surface area (Å²) in [5, 5.41) is 1.05. The van der Waals surface area contributed by atoms with Crippen molar-refractivity contribution < 1.29 is 0 Å². The number of hydrogen-bond donors (Lipinski definition) is 0. The number of nitrogens with zero attached hydrogens (tertiary/aromatic N) is 2. The van der Waals surface area contributed by atoms with Gasteiger partial charge in [0.2, 0.25) is 0 Å². The van der Waals surface area contributed by atoms with Crippen molar-refractivity contribution in [2.24, 2.45) is 0 Å². The molecule has 0 N–H and O–H groups in total. The van der Waals surface area contributed by atoms with E-state index in [4.69, 9.17) is 9.97 Å². The van der Waals surface area contributed by atoms with Gasteiger partial charge in [-0.2, -0.15) is 0 Å². The topological polar surface area (TPSA) is 25.8 Å². The highest BCUT2D eigenvalue weighted by atomic mass is 32.2. The third-order valence-corrected chi connectivity index (χ3v) is 11.1. The van der Waals surface area contributed by atoms with Crippen LogP contribution in [0.25, 0.3) is 55.8 Å². The molecule has 0 bridgehead atoms. The molecule has 224 valence electrons. The average Bonchev–Trinajstić information content (AvgIpc) is 3.45. The van der Waals surface area contributed by atoms with Gasteiger partial charge in [0.1, 0.15) is 0 Å². The highest BCUT2D eigenvalue weighted by Crippen LogP contribution is 2.62. The molecule has 2 aliphatic rings. The second-order valence-corrected chi connectivity index (χ2v) is 13.6. The van der Waals surface area contributed by atoms with Gasteiger partial charge >= 0.3 is 0 Å². The van der Waals surface area contributed by atoms with Crippen molar-refractivity contribution in [3.63, 3.8) is 0 Å². The SMILES string of the molecule is c1ccc(-c2ccc(-c3nc(-c4ccc5c(c4)-c4ccccc4C54c5ccccc5Sc5ccccc54)nc4ccccc34)cc2)cc1. The zero-order chi connectivity index (χ0) is 31.7. The molecule has 1 spiro atoms. The summed E-state index contributed by atoms with van der Waals surface area (Å²) in [6.45, 7) is 0. The van der Waals surface area contributed by atoms with E-state index in [0.717, 1.165) is 33.5 Å². The molecule has 8 aromatic rings. The maximum Gasteiger partial charge on any atom is 0.160 e. The van der Waals surface area contributed by atoms with Gasteiger partial charge in [-0.3, -0.25) is 0 Å². The molecule has 3 heteroatoms. The first-order chi connectivity index (χ1) is 23.8. The summed E-state index contributed by atoms with van der Waals surface area (Å²) in [5.41, 5.74) is 13.8. The van der Waals surface area contributed by atoms with Crippen LogP contribution in [0.4, 0.5) is 0 Å². The lowest BCUT2D eigenvalue weighted by Gasteiger charge is -2.39. The summed E-state index contributed by atoms with van der Waals surface area (Å²) in [6.07, 6.45) is 0. The van der Waals surface area contributed by atoms with Gasteiger partial charge in [0, 0.05) is 26.3 Å². The van der Waals surface area contributed by atoms with Crippen LogP contribution in [-0.4, -0.2) is 9.97 Å². The van der Waals surface area contributed by atoms with E-state index < -0.39 is 5.41 Å². The van der Waals surface area contributed by atoms with Gasteiger partial charge in [-0.25, -0.2) is 9.97 Å². The van der Waals surface area contributed by atoms with E-state index >= 15 is 0 Å². The van der Waals surface area contributed by atoms with Crippen molar-refractivity contribution in [1.29, 1.82) is 0 Å². The van der Waals surface area contributed by atoms with Crippen molar-refractivity contribution in [2.75, 3.05) is 0 Å². The maximum atomic E-state index is 5.29. The van der Waals surface area contributed by atoms with Crippen molar-refractivity contribution >= 4 is 22.7 Å². The van der Waals surface area contributed by atoms with E-state index in [1.54, 1.807) is 0 Å². The van der Waals surface area contributed by atoms with Crippen molar-refractivity contribution in [2.45, 2.75) is 15.2 Å². The molecule has 0 unspecified atom stereocenters. The number of fused-ring (bicyclic) bond motifs is 10. The molecule has 0 saturated heterocycles. The van der Waals surface area contributed by atoms with E-state index in [2.05, 4.69) is 170 Å². The third kappa shape index (κ3) is 3.95. The molecule has 1 aliphatic heterocycles. The van der Waals surface area contributed by atoms with Crippen molar-refractivity contribution in [1.82, 2.24) is 9.97 Å². The van der Waals surface area contributed by atoms with Gasteiger partial charge in [0.25, 0.3) is 0 Å². The summed E-state index contributed by atoms with van der Waals surface area (Å²) in [4.78, 5) is 13.0. The van der Waals surface area contributed by atoms with Crippen LogP contribution in [0.2, 0.25) is 0 Å². The minimum atomic E-state index is -0.390. The molecule has 7 aromatic carbocycles. The van der Waals surface area contributed by atoms with Gasteiger partial charge in [-0.15, -0.1) is 0 Å². The fourth-order valence-corrected chi connectivity index (χ4v) is 9.07. The van der Waals surface area contributed by atoms with Gasteiger partial charge in [0.05, 0.1) is 16.6 Å². The first kappa shape index (κ1) is 27.4. The Kier molecular flexibility index (Phi) is 6.06. The van der Waals surface area contributed by atoms with E-state index in [1.165, 1.54) is 54.3 Å². The minimum Gasteiger partial charge on any atom is -0.228 e. The summed E-state index contributed by atoms with van der Waals surface area (Å²) in [5.74, 6) is 0.733. The molecule has 10 rings (SSSR count). The van der Waals surface area contributed by atoms with Gasteiger partial charge in [-0.1, -0.05) is 157 Å². The van der Waals surface area contributed by atoms with Crippen LogP contribution in [0, 0.1) is 0 Å². The molecule has 2 heterocycles. The normalized spacial score (nSPS) is 13.5. The number of rotatable bonds is 3. The lowest BCUT2D eigenvalue weighted by molar-refractivity contribution is 0.722. The molecular weight excluding hydrogens is 601 g/mol. The molecule has 0 saturated carbocycles. The minimum absolute atomic E-state index is 0.390. The van der Waals surface area contributed by atoms with E-state index in [0.29, 0.717) is 0 Å². The van der Waals surface area contributed by atoms with Crippen LogP contribution < -0.4 is 0 Å². The molecule has 2 nitrogen and oxygen atoms in total. The van der Waals surface area contributed by atoms with Crippen LogP contribution >= 0.6 is 11.8 Å². The first-order valence-corrected chi connectivity index (χ1v) is 17.1. The monoisotopic (exact) mass is 628 g/mol. The van der Waals surface area contributed by atoms with E-state index in [-0.39, 0.29) is 0 Å². The number of aromatic nitrogens is 2.